The van der Waals surface area contributed by atoms with Gasteiger partial charge in [0.15, 0.2) is 0 Å². The Balaban J connectivity index is 1.92. The second-order valence-corrected chi connectivity index (χ2v) is 6.64. The molecule has 0 fully saturated rings. The van der Waals surface area contributed by atoms with E-state index in [9.17, 15) is 5.11 Å². The van der Waals surface area contributed by atoms with Crippen LogP contribution >= 0.6 is 11.3 Å². The van der Waals surface area contributed by atoms with Gasteiger partial charge in [0.1, 0.15) is 5.75 Å². The molecule has 2 heterocycles. The largest absolute Gasteiger partial charge is 0.497 e. The molecule has 0 spiro atoms. The number of methoxy groups -OCH3 is 1. The summed E-state index contributed by atoms with van der Waals surface area (Å²) in [7, 11) is 1.63. The van der Waals surface area contributed by atoms with Gasteiger partial charge in [-0.1, -0.05) is 0 Å². The average Bonchev–Trinajstić information content (AvgIpc) is 3.05. The Morgan fingerprint density at radius 1 is 1.05 bits per heavy atom. The molecule has 0 saturated carbocycles. The van der Waals surface area contributed by atoms with Crippen LogP contribution in [-0.2, 0) is 0 Å². The van der Waals surface area contributed by atoms with Gasteiger partial charge in [0.05, 0.1) is 7.11 Å². The van der Waals surface area contributed by atoms with E-state index < -0.39 is 0 Å². The van der Waals surface area contributed by atoms with E-state index in [1.165, 1.54) is 15.0 Å². The van der Waals surface area contributed by atoms with E-state index in [2.05, 4.69) is 25.1 Å². The number of rotatable bonds is 2. The molecule has 0 aliphatic carbocycles. The van der Waals surface area contributed by atoms with E-state index in [0.717, 1.165) is 22.2 Å². The minimum absolute atomic E-state index is 0.236. The van der Waals surface area contributed by atoms with E-state index >= 15 is 0 Å². The smallest absolute Gasteiger partial charge is 0.203 e. The maximum Gasteiger partial charge on any atom is 0.203 e. The highest BCUT2D eigenvalue weighted by molar-refractivity contribution is 7.19. The first-order valence-corrected chi connectivity index (χ1v) is 7.86. The zero-order valence-corrected chi connectivity index (χ0v) is 13.1. The van der Waals surface area contributed by atoms with Crippen LogP contribution in [0, 0.1) is 6.92 Å². The Hall–Kier alpha value is -2.46. The number of hydrogen-bond donors (Lipinski definition) is 1. The molecular weight excluding hydrogens is 294 g/mol. The van der Waals surface area contributed by atoms with Gasteiger partial charge in [-0.3, -0.25) is 4.57 Å². The van der Waals surface area contributed by atoms with Crippen molar-refractivity contribution >= 4 is 32.2 Å². The molecule has 0 radical (unpaired) electrons. The van der Waals surface area contributed by atoms with Crippen molar-refractivity contribution in [3.8, 4) is 17.3 Å². The van der Waals surface area contributed by atoms with E-state index in [0.29, 0.717) is 0 Å². The first-order valence-electron chi connectivity index (χ1n) is 7.04. The van der Waals surface area contributed by atoms with E-state index in [1.807, 2.05) is 35.0 Å². The molecular formula is C18H15NO2S. The Labute approximate surface area is 132 Å². The number of nitrogens with zero attached hydrogens (tertiary/aromatic N) is 1. The lowest BCUT2D eigenvalue weighted by Crippen LogP contribution is -1.90. The number of thiophene rings is 1. The normalized spacial score (nSPS) is 11.4. The van der Waals surface area contributed by atoms with Crippen LogP contribution in [-0.4, -0.2) is 16.8 Å². The van der Waals surface area contributed by atoms with Crippen LogP contribution in [0.15, 0.2) is 48.7 Å². The SMILES string of the molecule is COc1ccc2cn(-c3ccc4sc(C)cc4c3)c(O)c2c1. The lowest BCUT2D eigenvalue weighted by atomic mass is 10.2. The standard InChI is InChI=1S/C18H15NO2S/c1-11-7-13-8-14(4-6-17(13)22-11)19-10-12-3-5-15(21-2)9-16(12)18(19)20/h3-10,20H,1-2H3. The summed E-state index contributed by atoms with van der Waals surface area (Å²) >= 11 is 1.78. The van der Waals surface area contributed by atoms with Crippen LogP contribution in [0.2, 0.25) is 0 Å². The summed E-state index contributed by atoms with van der Waals surface area (Å²) in [4.78, 5) is 1.29. The average molecular weight is 309 g/mol. The fourth-order valence-corrected chi connectivity index (χ4v) is 3.71. The predicted molar refractivity (Wildman–Crippen MR) is 91.6 cm³/mol. The Morgan fingerprint density at radius 3 is 2.73 bits per heavy atom. The van der Waals surface area contributed by atoms with Crippen LogP contribution in [0.1, 0.15) is 4.88 Å². The molecule has 4 heteroatoms. The Morgan fingerprint density at radius 2 is 1.91 bits per heavy atom. The summed E-state index contributed by atoms with van der Waals surface area (Å²) < 4.78 is 8.31. The van der Waals surface area contributed by atoms with Crippen molar-refractivity contribution in [2.24, 2.45) is 0 Å². The van der Waals surface area contributed by atoms with Crippen LogP contribution in [0.25, 0.3) is 26.5 Å². The van der Waals surface area contributed by atoms with Crippen molar-refractivity contribution in [1.82, 2.24) is 4.57 Å². The fraction of sp³-hybridized carbons (Fsp3) is 0.111. The molecule has 0 aliphatic heterocycles. The maximum absolute atomic E-state index is 10.6. The highest BCUT2D eigenvalue weighted by Crippen LogP contribution is 2.34. The number of aryl methyl sites for hydroxylation is 1. The van der Waals surface area contributed by atoms with Crippen LogP contribution in [0.5, 0.6) is 11.6 Å². The molecule has 0 unspecified atom stereocenters. The van der Waals surface area contributed by atoms with Crippen LogP contribution in [0.3, 0.4) is 0 Å². The molecule has 0 saturated heterocycles. The lowest BCUT2D eigenvalue weighted by Gasteiger charge is -2.05. The molecule has 110 valence electrons. The number of aromatic nitrogens is 1. The highest BCUT2D eigenvalue weighted by Gasteiger charge is 2.11. The molecule has 2 aromatic carbocycles. The molecule has 0 aliphatic rings. The third-order valence-corrected chi connectivity index (χ3v) is 4.93. The first kappa shape index (κ1) is 13.2. The highest BCUT2D eigenvalue weighted by atomic mass is 32.1. The lowest BCUT2D eigenvalue weighted by molar-refractivity contribution is 0.414. The summed E-state index contributed by atoms with van der Waals surface area (Å²) in [6.07, 6.45) is 1.95. The van der Waals surface area contributed by atoms with Crippen molar-refractivity contribution in [2.75, 3.05) is 7.11 Å². The van der Waals surface area contributed by atoms with Crippen molar-refractivity contribution in [3.05, 3.63) is 53.5 Å². The molecule has 0 amide bonds. The first-order chi connectivity index (χ1) is 10.7. The van der Waals surface area contributed by atoms with E-state index in [4.69, 9.17) is 4.74 Å². The van der Waals surface area contributed by atoms with Crippen molar-refractivity contribution in [1.29, 1.82) is 0 Å². The summed E-state index contributed by atoms with van der Waals surface area (Å²) in [5.41, 5.74) is 0.956. The molecule has 22 heavy (non-hydrogen) atoms. The number of ether oxygens (including phenoxy) is 1. The Kier molecular flexibility index (Phi) is 2.87. The maximum atomic E-state index is 10.6. The third kappa shape index (κ3) is 1.96. The summed E-state index contributed by atoms with van der Waals surface area (Å²) in [6.45, 7) is 2.11. The molecule has 4 rings (SSSR count). The molecule has 0 atom stereocenters. The number of aromatic hydroxyl groups is 1. The van der Waals surface area contributed by atoms with Gasteiger partial charge in [0.25, 0.3) is 0 Å². The predicted octanol–water partition coefficient (Wildman–Crippen LogP) is 4.87. The van der Waals surface area contributed by atoms with Gasteiger partial charge in [0.2, 0.25) is 5.88 Å². The van der Waals surface area contributed by atoms with Gasteiger partial charge in [-0.15, -0.1) is 11.3 Å². The van der Waals surface area contributed by atoms with Crippen molar-refractivity contribution < 1.29 is 9.84 Å². The van der Waals surface area contributed by atoms with Crippen molar-refractivity contribution in [3.63, 3.8) is 0 Å². The van der Waals surface area contributed by atoms with Crippen LogP contribution in [0.4, 0.5) is 0 Å². The minimum atomic E-state index is 0.236. The van der Waals surface area contributed by atoms with Gasteiger partial charge < -0.3 is 9.84 Å². The summed E-state index contributed by atoms with van der Waals surface area (Å²) in [6, 6.07) is 14.1. The van der Waals surface area contributed by atoms with E-state index in [-0.39, 0.29) is 5.88 Å². The van der Waals surface area contributed by atoms with Crippen molar-refractivity contribution in [2.45, 2.75) is 6.92 Å². The molecule has 3 nitrogen and oxygen atoms in total. The number of benzene rings is 2. The third-order valence-electron chi connectivity index (χ3n) is 3.90. The van der Waals surface area contributed by atoms with Gasteiger partial charge in [0, 0.05) is 32.2 Å². The fourth-order valence-electron chi connectivity index (χ4n) is 2.81. The quantitative estimate of drug-likeness (QED) is 0.573. The molecule has 2 aromatic heterocycles. The summed E-state index contributed by atoms with van der Waals surface area (Å²) in [5.74, 6) is 0.977. The monoisotopic (exact) mass is 309 g/mol. The second kappa shape index (κ2) is 4.78. The van der Waals surface area contributed by atoms with Gasteiger partial charge in [-0.05, 0) is 54.8 Å². The molecule has 0 bridgehead atoms. The van der Waals surface area contributed by atoms with Gasteiger partial charge in [-0.25, -0.2) is 0 Å². The van der Waals surface area contributed by atoms with Gasteiger partial charge in [-0.2, -0.15) is 0 Å². The minimum Gasteiger partial charge on any atom is -0.497 e. The number of hydrogen-bond acceptors (Lipinski definition) is 3. The number of fused-ring (bicyclic) bond motifs is 2. The zero-order valence-electron chi connectivity index (χ0n) is 12.3. The molecule has 1 N–H and O–H groups in total. The second-order valence-electron chi connectivity index (χ2n) is 5.36. The van der Waals surface area contributed by atoms with Gasteiger partial charge >= 0.3 is 0 Å². The Bertz CT molecular complexity index is 997. The topological polar surface area (TPSA) is 34.4 Å². The van der Waals surface area contributed by atoms with Crippen LogP contribution < -0.4 is 4.74 Å². The zero-order chi connectivity index (χ0) is 15.3. The molecule has 4 aromatic rings. The van der Waals surface area contributed by atoms with E-state index in [1.54, 1.807) is 18.4 Å². The summed E-state index contributed by atoms with van der Waals surface area (Å²) in [5, 5.41) is 13.5.